The van der Waals surface area contributed by atoms with Crippen LogP contribution in [0, 0.1) is 3.57 Å². The summed E-state index contributed by atoms with van der Waals surface area (Å²) in [7, 11) is 2.04. The van der Waals surface area contributed by atoms with Crippen molar-refractivity contribution in [2.24, 2.45) is 5.10 Å². The molecule has 0 saturated heterocycles. The molecule has 0 unspecified atom stereocenters. The van der Waals surface area contributed by atoms with E-state index in [1.807, 2.05) is 41.8 Å². The maximum atomic E-state index is 12.2. The number of allylic oxidation sites excluding steroid dienone is 1. The number of nitrogens with zero attached hydrogens (tertiary/aromatic N) is 2. The standard InChI is InChI=1S/C21H21ClIN3O2/c1-12-10-21(2,3)26(4)18-9-16(22)14(7-15(12)18)11-24-25-20(28)13-5-6-17(23)19(27)8-13/h5-11,27H,1-4H3,(H,25,28)/b24-11-. The van der Waals surface area contributed by atoms with E-state index in [-0.39, 0.29) is 11.3 Å². The first-order chi connectivity index (χ1) is 13.1. The Bertz CT molecular complexity index is 1010. The smallest absolute Gasteiger partial charge is 0.271 e. The Morgan fingerprint density at radius 1 is 1.32 bits per heavy atom. The van der Waals surface area contributed by atoms with Crippen LogP contribution >= 0.6 is 34.2 Å². The van der Waals surface area contributed by atoms with Crippen molar-refractivity contribution in [2.45, 2.75) is 26.3 Å². The van der Waals surface area contributed by atoms with Crippen molar-refractivity contribution >= 4 is 57.6 Å². The molecule has 3 rings (SSSR count). The van der Waals surface area contributed by atoms with Gasteiger partial charge in [-0.2, -0.15) is 5.10 Å². The largest absolute Gasteiger partial charge is 0.507 e. The van der Waals surface area contributed by atoms with E-state index in [2.05, 4.69) is 42.3 Å². The summed E-state index contributed by atoms with van der Waals surface area (Å²) in [5.41, 5.74) is 6.73. The molecule has 0 saturated carbocycles. The minimum Gasteiger partial charge on any atom is -0.507 e. The number of hydrogen-bond donors (Lipinski definition) is 2. The highest BCUT2D eigenvalue weighted by molar-refractivity contribution is 14.1. The number of carbonyl (C=O) groups excluding carboxylic acids is 1. The van der Waals surface area contributed by atoms with Gasteiger partial charge >= 0.3 is 0 Å². The predicted octanol–water partition coefficient (Wildman–Crippen LogP) is 5.05. The number of phenolic OH excluding ortho intramolecular Hbond substituents is 1. The summed E-state index contributed by atoms with van der Waals surface area (Å²) >= 11 is 8.45. The van der Waals surface area contributed by atoms with Gasteiger partial charge in [-0.15, -0.1) is 0 Å². The zero-order valence-electron chi connectivity index (χ0n) is 16.0. The number of hydrazone groups is 1. The molecule has 146 valence electrons. The predicted molar refractivity (Wildman–Crippen MR) is 123 cm³/mol. The van der Waals surface area contributed by atoms with Crippen LogP contribution < -0.4 is 10.3 Å². The Morgan fingerprint density at radius 2 is 2.04 bits per heavy atom. The number of nitrogens with one attached hydrogen (secondary N) is 1. The van der Waals surface area contributed by atoms with E-state index in [1.54, 1.807) is 12.1 Å². The average Bonchev–Trinajstić information content (AvgIpc) is 2.62. The first kappa shape index (κ1) is 20.7. The molecule has 1 aliphatic rings. The monoisotopic (exact) mass is 509 g/mol. The average molecular weight is 510 g/mol. The highest BCUT2D eigenvalue weighted by Crippen LogP contribution is 2.40. The van der Waals surface area contributed by atoms with Crippen LogP contribution in [0.3, 0.4) is 0 Å². The summed E-state index contributed by atoms with van der Waals surface area (Å²) in [6.07, 6.45) is 3.75. The lowest BCUT2D eigenvalue weighted by molar-refractivity contribution is 0.0954. The van der Waals surface area contributed by atoms with Crippen LogP contribution in [-0.4, -0.2) is 29.8 Å². The van der Waals surface area contributed by atoms with E-state index in [9.17, 15) is 9.90 Å². The van der Waals surface area contributed by atoms with Gasteiger partial charge in [0.05, 0.1) is 20.3 Å². The number of phenols is 1. The van der Waals surface area contributed by atoms with Crippen LogP contribution in [0.15, 0.2) is 41.5 Å². The molecule has 2 aromatic rings. The number of aromatic hydroxyl groups is 1. The van der Waals surface area contributed by atoms with Crippen molar-refractivity contribution in [1.29, 1.82) is 0 Å². The van der Waals surface area contributed by atoms with Gasteiger partial charge in [-0.1, -0.05) is 17.7 Å². The molecule has 0 atom stereocenters. The maximum Gasteiger partial charge on any atom is 0.271 e. The fourth-order valence-electron chi connectivity index (χ4n) is 3.17. The van der Waals surface area contributed by atoms with Gasteiger partial charge in [-0.05, 0) is 79.3 Å². The van der Waals surface area contributed by atoms with Gasteiger partial charge in [0.1, 0.15) is 5.75 Å². The number of likely N-dealkylation sites (N-methyl/N-ethyl adjacent to an activating group) is 1. The van der Waals surface area contributed by atoms with E-state index in [0.717, 1.165) is 11.3 Å². The maximum absolute atomic E-state index is 12.2. The molecule has 5 nitrogen and oxygen atoms in total. The summed E-state index contributed by atoms with van der Waals surface area (Å²) in [5.74, 6) is -0.348. The fourth-order valence-corrected chi connectivity index (χ4v) is 3.71. The van der Waals surface area contributed by atoms with E-state index >= 15 is 0 Å². The van der Waals surface area contributed by atoms with Gasteiger partial charge in [0, 0.05) is 29.4 Å². The van der Waals surface area contributed by atoms with Crippen LogP contribution in [0.5, 0.6) is 5.75 Å². The molecule has 28 heavy (non-hydrogen) atoms. The Morgan fingerprint density at radius 3 is 2.71 bits per heavy atom. The van der Waals surface area contributed by atoms with Crippen molar-refractivity contribution in [1.82, 2.24) is 5.43 Å². The zero-order chi connectivity index (χ0) is 20.6. The number of fused-ring (bicyclic) bond motifs is 1. The number of benzene rings is 2. The molecule has 0 aromatic heterocycles. The minimum absolute atomic E-state index is 0.0595. The number of rotatable bonds is 3. The minimum atomic E-state index is -0.408. The van der Waals surface area contributed by atoms with Crippen LogP contribution in [0.25, 0.3) is 5.57 Å². The number of halogens is 2. The molecule has 2 aromatic carbocycles. The van der Waals surface area contributed by atoms with Crippen LogP contribution in [-0.2, 0) is 0 Å². The SMILES string of the molecule is CC1=CC(C)(C)N(C)c2cc(Cl)c(/C=N\NC(=O)c3ccc(I)c(O)c3)cc21. The summed E-state index contributed by atoms with van der Waals surface area (Å²) < 4.78 is 0.676. The molecule has 1 heterocycles. The molecule has 7 heteroatoms. The molecular formula is C21H21ClIN3O2. The summed E-state index contributed by atoms with van der Waals surface area (Å²) in [4.78, 5) is 14.4. The van der Waals surface area contributed by atoms with Crippen molar-refractivity contribution in [3.63, 3.8) is 0 Å². The van der Waals surface area contributed by atoms with Crippen LogP contribution in [0.2, 0.25) is 5.02 Å². The molecule has 0 radical (unpaired) electrons. The molecular weight excluding hydrogens is 489 g/mol. The number of anilines is 1. The van der Waals surface area contributed by atoms with Crippen molar-refractivity contribution in [2.75, 3.05) is 11.9 Å². The van der Waals surface area contributed by atoms with Crippen LogP contribution in [0.4, 0.5) is 5.69 Å². The third-order valence-corrected chi connectivity index (χ3v) is 6.15. The normalized spacial score (nSPS) is 15.4. The van der Waals surface area contributed by atoms with Crippen molar-refractivity contribution < 1.29 is 9.90 Å². The van der Waals surface area contributed by atoms with Crippen LogP contribution in [0.1, 0.15) is 42.3 Å². The quantitative estimate of drug-likeness (QED) is 0.346. The molecule has 1 aliphatic heterocycles. The summed E-state index contributed by atoms with van der Waals surface area (Å²) in [6, 6.07) is 8.60. The third-order valence-electron chi connectivity index (χ3n) is 4.91. The van der Waals surface area contributed by atoms with Crippen molar-refractivity contribution in [3.05, 3.63) is 61.7 Å². The lowest BCUT2D eigenvalue weighted by Crippen LogP contribution is -2.42. The van der Waals surface area contributed by atoms with Crippen molar-refractivity contribution in [3.8, 4) is 5.75 Å². The van der Waals surface area contributed by atoms with Gasteiger partial charge in [0.15, 0.2) is 0 Å². The van der Waals surface area contributed by atoms with Gasteiger partial charge in [0.2, 0.25) is 0 Å². The Balaban J connectivity index is 1.82. The molecule has 1 amide bonds. The van der Waals surface area contributed by atoms with E-state index < -0.39 is 5.91 Å². The Hall–Kier alpha value is -2.06. The van der Waals surface area contributed by atoms with E-state index in [0.29, 0.717) is 19.7 Å². The zero-order valence-corrected chi connectivity index (χ0v) is 19.0. The lowest BCUT2D eigenvalue weighted by Gasteiger charge is -2.40. The third kappa shape index (κ3) is 4.03. The molecule has 0 bridgehead atoms. The highest BCUT2D eigenvalue weighted by Gasteiger charge is 2.29. The second-order valence-corrected chi connectivity index (χ2v) is 8.87. The Kier molecular flexibility index (Phi) is 5.72. The number of carbonyl (C=O) groups is 1. The number of amides is 1. The fraction of sp³-hybridized carbons (Fsp3) is 0.238. The van der Waals surface area contributed by atoms with E-state index in [1.165, 1.54) is 17.9 Å². The highest BCUT2D eigenvalue weighted by atomic mass is 127. The second kappa shape index (κ2) is 7.75. The first-order valence-electron chi connectivity index (χ1n) is 8.69. The van der Waals surface area contributed by atoms with Gasteiger partial charge < -0.3 is 10.0 Å². The summed E-state index contributed by atoms with van der Waals surface area (Å²) in [6.45, 7) is 6.38. The molecule has 0 fully saturated rings. The molecule has 2 N–H and O–H groups in total. The van der Waals surface area contributed by atoms with Gasteiger partial charge in [0.25, 0.3) is 5.91 Å². The van der Waals surface area contributed by atoms with Gasteiger partial charge in [-0.3, -0.25) is 4.79 Å². The lowest BCUT2D eigenvalue weighted by atomic mass is 9.88. The molecule has 0 spiro atoms. The molecule has 0 aliphatic carbocycles. The topological polar surface area (TPSA) is 64.9 Å². The van der Waals surface area contributed by atoms with Gasteiger partial charge in [-0.25, -0.2) is 5.43 Å². The Labute approximate surface area is 183 Å². The number of hydrogen-bond acceptors (Lipinski definition) is 4. The first-order valence-corrected chi connectivity index (χ1v) is 10.1. The van der Waals surface area contributed by atoms with E-state index in [4.69, 9.17) is 11.6 Å². The summed E-state index contributed by atoms with van der Waals surface area (Å²) in [5, 5.41) is 14.3. The second-order valence-electron chi connectivity index (χ2n) is 7.30.